The SMILES string of the molecule is C/C=C/CC/C(=N/NC(N)=O)c1ccccc1. The largest absolute Gasteiger partial charge is 0.350 e. The van der Waals surface area contributed by atoms with Crippen molar-refractivity contribution in [3.63, 3.8) is 0 Å². The summed E-state index contributed by atoms with van der Waals surface area (Å²) in [4.78, 5) is 10.7. The van der Waals surface area contributed by atoms with Crippen molar-refractivity contribution in [2.75, 3.05) is 0 Å². The number of nitrogens with zero attached hydrogens (tertiary/aromatic N) is 1. The predicted octanol–water partition coefficient (Wildman–Crippen LogP) is 2.42. The highest BCUT2D eigenvalue weighted by Crippen LogP contribution is 2.06. The maximum Gasteiger partial charge on any atom is 0.332 e. The van der Waals surface area contributed by atoms with Crippen molar-refractivity contribution in [2.45, 2.75) is 19.8 Å². The monoisotopic (exact) mass is 231 g/mol. The number of nitrogens with one attached hydrogen (secondary N) is 1. The van der Waals surface area contributed by atoms with Crippen LogP contribution in [0.4, 0.5) is 4.79 Å². The van der Waals surface area contributed by atoms with Crippen molar-refractivity contribution in [2.24, 2.45) is 10.8 Å². The Kier molecular flexibility index (Phi) is 5.51. The van der Waals surface area contributed by atoms with Gasteiger partial charge in [0.2, 0.25) is 0 Å². The van der Waals surface area contributed by atoms with E-state index in [4.69, 9.17) is 5.73 Å². The summed E-state index contributed by atoms with van der Waals surface area (Å²) in [7, 11) is 0. The van der Waals surface area contributed by atoms with Gasteiger partial charge < -0.3 is 5.73 Å². The Labute approximate surface area is 101 Å². The third-order valence-corrected chi connectivity index (χ3v) is 2.19. The number of nitrogens with two attached hydrogens (primary N) is 1. The normalized spacial score (nSPS) is 11.7. The molecule has 1 aromatic rings. The van der Waals surface area contributed by atoms with E-state index >= 15 is 0 Å². The zero-order chi connectivity index (χ0) is 12.5. The number of carbonyl (C=O) groups is 1. The first-order valence-electron chi connectivity index (χ1n) is 5.52. The van der Waals surface area contributed by atoms with Gasteiger partial charge in [0.15, 0.2) is 0 Å². The minimum Gasteiger partial charge on any atom is -0.350 e. The van der Waals surface area contributed by atoms with Crippen LogP contribution in [0.25, 0.3) is 0 Å². The van der Waals surface area contributed by atoms with E-state index < -0.39 is 6.03 Å². The zero-order valence-corrected chi connectivity index (χ0v) is 9.89. The van der Waals surface area contributed by atoms with Gasteiger partial charge in [-0.3, -0.25) is 0 Å². The topological polar surface area (TPSA) is 67.5 Å². The molecular weight excluding hydrogens is 214 g/mol. The first-order chi connectivity index (χ1) is 8.24. The van der Waals surface area contributed by atoms with Gasteiger partial charge in [-0.1, -0.05) is 42.5 Å². The first-order valence-corrected chi connectivity index (χ1v) is 5.52. The summed E-state index contributed by atoms with van der Waals surface area (Å²) in [5.74, 6) is 0. The van der Waals surface area contributed by atoms with E-state index in [1.807, 2.05) is 43.3 Å². The highest BCUT2D eigenvalue weighted by atomic mass is 16.2. The predicted molar refractivity (Wildman–Crippen MR) is 69.7 cm³/mol. The van der Waals surface area contributed by atoms with Gasteiger partial charge in [0, 0.05) is 0 Å². The quantitative estimate of drug-likeness (QED) is 0.456. The number of allylic oxidation sites excluding steroid dienone is 2. The molecule has 0 saturated heterocycles. The lowest BCUT2D eigenvalue weighted by atomic mass is 10.1. The van der Waals surface area contributed by atoms with E-state index in [-0.39, 0.29) is 0 Å². The molecule has 0 bridgehead atoms. The van der Waals surface area contributed by atoms with E-state index in [9.17, 15) is 4.79 Å². The number of hydrogen-bond acceptors (Lipinski definition) is 2. The fourth-order valence-electron chi connectivity index (χ4n) is 1.40. The van der Waals surface area contributed by atoms with Crippen molar-refractivity contribution < 1.29 is 4.79 Å². The van der Waals surface area contributed by atoms with Gasteiger partial charge in [-0.05, 0) is 25.3 Å². The molecule has 90 valence electrons. The molecule has 0 aromatic heterocycles. The van der Waals surface area contributed by atoms with E-state index in [0.29, 0.717) is 0 Å². The molecule has 0 aliphatic heterocycles. The van der Waals surface area contributed by atoms with Gasteiger partial charge in [-0.25, -0.2) is 10.2 Å². The van der Waals surface area contributed by atoms with Gasteiger partial charge in [-0.2, -0.15) is 5.10 Å². The smallest absolute Gasteiger partial charge is 0.332 e. The van der Waals surface area contributed by atoms with Crippen molar-refractivity contribution in [3.05, 3.63) is 48.0 Å². The molecule has 17 heavy (non-hydrogen) atoms. The Morgan fingerprint density at radius 2 is 2.12 bits per heavy atom. The fraction of sp³-hybridized carbons (Fsp3) is 0.231. The van der Waals surface area contributed by atoms with Crippen LogP contribution >= 0.6 is 0 Å². The molecule has 0 unspecified atom stereocenters. The number of benzene rings is 1. The summed E-state index contributed by atoms with van der Waals surface area (Å²) in [6.07, 6.45) is 5.69. The number of urea groups is 1. The number of carbonyl (C=O) groups excluding carboxylic acids is 1. The van der Waals surface area contributed by atoms with E-state index in [2.05, 4.69) is 16.6 Å². The molecule has 0 aliphatic rings. The Balaban J connectivity index is 2.78. The summed E-state index contributed by atoms with van der Waals surface area (Å²) in [5, 5.41) is 4.02. The Bertz CT molecular complexity index is 410. The van der Waals surface area contributed by atoms with E-state index in [1.54, 1.807) is 0 Å². The highest BCUT2D eigenvalue weighted by molar-refractivity contribution is 6.01. The lowest BCUT2D eigenvalue weighted by Gasteiger charge is -2.05. The van der Waals surface area contributed by atoms with Crippen LogP contribution in [0.5, 0.6) is 0 Å². The molecule has 3 N–H and O–H groups in total. The van der Waals surface area contributed by atoms with Crippen LogP contribution in [0.1, 0.15) is 25.3 Å². The van der Waals surface area contributed by atoms with E-state index in [1.165, 1.54) is 0 Å². The zero-order valence-electron chi connectivity index (χ0n) is 9.89. The summed E-state index contributed by atoms with van der Waals surface area (Å²) < 4.78 is 0. The summed E-state index contributed by atoms with van der Waals surface area (Å²) >= 11 is 0. The second kappa shape index (κ2) is 7.22. The van der Waals surface area contributed by atoms with Crippen LogP contribution in [0.3, 0.4) is 0 Å². The first kappa shape index (κ1) is 13.0. The lowest BCUT2D eigenvalue weighted by Crippen LogP contribution is -2.26. The molecule has 0 spiro atoms. The van der Waals surface area contributed by atoms with E-state index in [0.717, 1.165) is 24.1 Å². The molecule has 1 aromatic carbocycles. The third-order valence-electron chi connectivity index (χ3n) is 2.19. The third kappa shape index (κ3) is 4.97. The Morgan fingerprint density at radius 3 is 2.71 bits per heavy atom. The molecule has 0 heterocycles. The number of hydrazone groups is 1. The maximum absolute atomic E-state index is 10.7. The molecule has 1 rings (SSSR count). The Hall–Kier alpha value is -2.10. The van der Waals surface area contributed by atoms with Gasteiger partial charge >= 0.3 is 6.03 Å². The van der Waals surface area contributed by atoms with Crippen LogP contribution in [0, 0.1) is 0 Å². The van der Waals surface area contributed by atoms with Crippen molar-refractivity contribution in [1.82, 2.24) is 5.43 Å². The molecule has 0 radical (unpaired) electrons. The number of hydrogen-bond donors (Lipinski definition) is 2. The van der Waals surface area contributed by atoms with Gasteiger partial charge in [0.1, 0.15) is 0 Å². The summed E-state index contributed by atoms with van der Waals surface area (Å²) in [6, 6.07) is 9.07. The molecule has 0 fully saturated rings. The van der Waals surface area contributed by atoms with Gasteiger partial charge in [-0.15, -0.1) is 0 Å². The minimum absolute atomic E-state index is 0.649. The molecule has 2 amide bonds. The number of primary amides is 1. The average molecular weight is 231 g/mol. The van der Waals surface area contributed by atoms with Crippen LogP contribution in [-0.2, 0) is 0 Å². The molecule has 4 heteroatoms. The number of rotatable bonds is 5. The fourth-order valence-corrected chi connectivity index (χ4v) is 1.40. The second-order valence-electron chi connectivity index (χ2n) is 3.51. The summed E-state index contributed by atoms with van der Waals surface area (Å²) in [5.41, 5.74) is 9.09. The molecule has 0 atom stereocenters. The minimum atomic E-state index is -0.649. The Morgan fingerprint density at radius 1 is 1.41 bits per heavy atom. The molecule has 4 nitrogen and oxygen atoms in total. The standard InChI is InChI=1S/C13H17N3O/c1-2-3-5-10-12(15-16-13(14)17)11-8-6-4-7-9-11/h2-4,6-9H,5,10H2,1H3,(H3,14,16,17)/b3-2+,15-12-. The van der Waals surface area contributed by atoms with Crippen LogP contribution < -0.4 is 11.2 Å². The van der Waals surface area contributed by atoms with Crippen molar-refractivity contribution in [3.8, 4) is 0 Å². The second-order valence-corrected chi connectivity index (χ2v) is 3.51. The van der Waals surface area contributed by atoms with Gasteiger partial charge in [0.25, 0.3) is 0 Å². The van der Waals surface area contributed by atoms with Crippen LogP contribution in [0.2, 0.25) is 0 Å². The molecule has 0 saturated carbocycles. The average Bonchev–Trinajstić information content (AvgIpc) is 2.34. The van der Waals surface area contributed by atoms with Crippen molar-refractivity contribution >= 4 is 11.7 Å². The van der Waals surface area contributed by atoms with Crippen molar-refractivity contribution in [1.29, 1.82) is 0 Å². The van der Waals surface area contributed by atoms with Crippen LogP contribution in [0.15, 0.2) is 47.6 Å². The number of amides is 2. The highest BCUT2D eigenvalue weighted by Gasteiger charge is 2.02. The van der Waals surface area contributed by atoms with Crippen LogP contribution in [-0.4, -0.2) is 11.7 Å². The lowest BCUT2D eigenvalue weighted by molar-refractivity contribution is 0.249. The molecular formula is C13H17N3O. The maximum atomic E-state index is 10.7. The molecule has 0 aliphatic carbocycles. The summed E-state index contributed by atoms with van der Waals surface area (Å²) in [6.45, 7) is 1.97. The van der Waals surface area contributed by atoms with Gasteiger partial charge in [0.05, 0.1) is 5.71 Å².